The Hall–Kier alpha value is -3.29. The van der Waals surface area contributed by atoms with Crippen LogP contribution in [0.5, 0.6) is 5.75 Å². The fourth-order valence-corrected chi connectivity index (χ4v) is 3.67. The molecular weight excluding hydrogens is 388 g/mol. The minimum atomic E-state index is -0.486. The Balaban J connectivity index is 1.71. The van der Waals surface area contributed by atoms with Crippen LogP contribution < -0.4 is 9.64 Å². The fraction of sp³-hybridized carbons (Fsp3) is 0.409. The zero-order valence-corrected chi connectivity index (χ0v) is 17.9. The van der Waals surface area contributed by atoms with Crippen LogP contribution in [0.15, 0.2) is 28.7 Å². The lowest BCUT2D eigenvalue weighted by atomic mass is 10.1. The second kappa shape index (κ2) is 8.61. The summed E-state index contributed by atoms with van der Waals surface area (Å²) >= 11 is 0. The topological polar surface area (TPSA) is 89.3 Å². The van der Waals surface area contributed by atoms with E-state index in [1.54, 1.807) is 32.0 Å². The van der Waals surface area contributed by atoms with Gasteiger partial charge in [-0.2, -0.15) is 0 Å². The van der Waals surface area contributed by atoms with E-state index in [0.717, 1.165) is 5.56 Å². The Morgan fingerprint density at radius 2 is 1.97 bits per heavy atom. The Morgan fingerprint density at radius 1 is 1.23 bits per heavy atom. The molecule has 2 amide bonds. The average molecular weight is 414 g/mol. The zero-order chi connectivity index (χ0) is 22.0. The standard InChI is InChI=1S/C22H26N2O6/c1-13-6-7-19(28-4)18(8-13)24-11-15(9-20(24)25)21(26)23(3)12-16-10-17(14(2)30-16)22(27)29-5/h6-8,10,15H,9,11-12H2,1-5H3. The Labute approximate surface area is 175 Å². The molecule has 0 radical (unpaired) electrons. The van der Waals surface area contributed by atoms with Gasteiger partial charge in [0.2, 0.25) is 11.8 Å². The van der Waals surface area contributed by atoms with Crippen molar-refractivity contribution >= 4 is 23.5 Å². The van der Waals surface area contributed by atoms with Crippen LogP contribution in [0.4, 0.5) is 5.69 Å². The number of methoxy groups -OCH3 is 2. The van der Waals surface area contributed by atoms with E-state index >= 15 is 0 Å². The molecule has 1 fully saturated rings. The molecule has 160 valence electrons. The summed E-state index contributed by atoms with van der Waals surface area (Å²) in [6.45, 7) is 4.08. The number of hydrogen-bond acceptors (Lipinski definition) is 6. The molecule has 0 saturated carbocycles. The van der Waals surface area contributed by atoms with Crippen molar-refractivity contribution in [3.05, 3.63) is 46.9 Å². The quantitative estimate of drug-likeness (QED) is 0.675. The summed E-state index contributed by atoms with van der Waals surface area (Å²) in [4.78, 5) is 40.5. The van der Waals surface area contributed by atoms with Gasteiger partial charge in [-0.1, -0.05) is 6.07 Å². The number of amides is 2. The average Bonchev–Trinajstić information content (AvgIpc) is 3.28. The van der Waals surface area contributed by atoms with E-state index in [0.29, 0.717) is 28.5 Å². The number of rotatable bonds is 6. The molecule has 30 heavy (non-hydrogen) atoms. The summed E-state index contributed by atoms with van der Waals surface area (Å²) in [5, 5.41) is 0. The number of hydrogen-bond donors (Lipinski definition) is 0. The highest BCUT2D eigenvalue weighted by atomic mass is 16.5. The smallest absolute Gasteiger partial charge is 0.341 e. The van der Waals surface area contributed by atoms with Crippen molar-refractivity contribution in [1.82, 2.24) is 4.90 Å². The van der Waals surface area contributed by atoms with Crippen molar-refractivity contribution in [2.24, 2.45) is 5.92 Å². The summed E-state index contributed by atoms with van der Waals surface area (Å²) < 4.78 is 15.7. The van der Waals surface area contributed by atoms with Gasteiger partial charge >= 0.3 is 5.97 Å². The number of ether oxygens (including phenoxy) is 2. The van der Waals surface area contributed by atoms with Crippen LogP contribution in [0, 0.1) is 19.8 Å². The van der Waals surface area contributed by atoms with Crippen LogP contribution in [0.25, 0.3) is 0 Å². The number of aryl methyl sites for hydroxylation is 2. The third kappa shape index (κ3) is 4.17. The van der Waals surface area contributed by atoms with E-state index in [1.807, 2.05) is 25.1 Å². The Morgan fingerprint density at radius 3 is 2.63 bits per heavy atom. The first kappa shape index (κ1) is 21.4. The SMILES string of the molecule is COC(=O)c1cc(CN(C)C(=O)C2CC(=O)N(c3cc(C)ccc3OC)C2)oc1C. The van der Waals surface area contributed by atoms with E-state index < -0.39 is 11.9 Å². The maximum atomic E-state index is 13.0. The predicted molar refractivity (Wildman–Crippen MR) is 109 cm³/mol. The zero-order valence-electron chi connectivity index (χ0n) is 17.9. The van der Waals surface area contributed by atoms with Gasteiger partial charge in [-0.05, 0) is 37.6 Å². The highest BCUT2D eigenvalue weighted by molar-refractivity contribution is 6.01. The molecule has 1 aliphatic rings. The molecule has 1 saturated heterocycles. The summed E-state index contributed by atoms with van der Waals surface area (Å²) in [5.74, 6) is 0.275. The van der Waals surface area contributed by atoms with Crippen molar-refractivity contribution < 1.29 is 28.3 Å². The number of carbonyl (C=O) groups is 3. The molecule has 2 heterocycles. The van der Waals surface area contributed by atoms with Gasteiger partial charge in [0.05, 0.1) is 32.4 Å². The third-order valence-electron chi connectivity index (χ3n) is 5.24. The lowest BCUT2D eigenvalue weighted by molar-refractivity contribution is -0.135. The van der Waals surface area contributed by atoms with Gasteiger partial charge in [0.25, 0.3) is 0 Å². The van der Waals surface area contributed by atoms with Crippen LogP contribution in [-0.4, -0.2) is 50.5 Å². The molecule has 0 N–H and O–H groups in total. The van der Waals surface area contributed by atoms with Gasteiger partial charge in [0, 0.05) is 20.0 Å². The summed E-state index contributed by atoms with van der Waals surface area (Å²) in [5.41, 5.74) is 2.01. The minimum Gasteiger partial charge on any atom is -0.495 e. The normalized spacial score (nSPS) is 16.0. The maximum Gasteiger partial charge on any atom is 0.341 e. The number of anilines is 1. The molecule has 1 aliphatic heterocycles. The highest BCUT2D eigenvalue weighted by Gasteiger charge is 2.37. The number of nitrogens with zero attached hydrogens (tertiary/aromatic N) is 2. The monoisotopic (exact) mass is 414 g/mol. The second-order valence-corrected chi connectivity index (χ2v) is 7.45. The number of furan rings is 1. The largest absolute Gasteiger partial charge is 0.495 e. The molecule has 0 bridgehead atoms. The summed E-state index contributed by atoms with van der Waals surface area (Å²) in [7, 11) is 4.51. The van der Waals surface area contributed by atoms with Crippen molar-refractivity contribution in [3.8, 4) is 5.75 Å². The lowest BCUT2D eigenvalue weighted by Crippen LogP contribution is -2.34. The molecule has 1 atom stereocenters. The molecular formula is C22H26N2O6. The number of carbonyl (C=O) groups excluding carboxylic acids is 3. The Kier molecular flexibility index (Phi) is 6.14. The van der Waals surface area contributed by atoms with Crippen molar-refractivity contribution in [2.45, 2.75) is 26.8 Å². The highest BCUT2D eigenvalue weighted by Crippen LogP contribution is 2.34. The Bertz CT molecular complexity index is 980. The van der Waals surface area contributed by atoms with Crippen molar-refractivity contribution in [3.63, 3.8) is 0 Å². The first-order valence-corrected chi connectivity index (χ1v) is 9.62. The maximum absolute atomic E-state index is 13.0. The second-order valence-electron chi connectivity index (χ2n) is 7.45. The van der Waals surface area contributed by atoms with E-state index in [-0.39, 0.29) is 31.3 Å². The molecule has 2 aromatic rings. The van der Waals surface area contributed by atoms with E-state index in [9.17, 15) is 14.4 Å². The van der Waals surface area contributed by atoms with Gasteiger partial charge in [0.1, 0.15) is 22.8 Å². The third-order valence-corrected chi connectivity index (χ3v) is 5.24. The molecule has 0 spiro atoms. The van der Waals surface area contributed by atoms with Gasteiger partial charge in [-0.15, -0.1) is 0 Å². The van der Waals surface area contributed by atoms with Crippen LogP contribution >= 0.6 is 0 Å². The molecule has 1 unspecified atom stereocenters. The van der Waals surface area contributed by atoms with Gasteiger partial charge in [-0.3, -0.25) is 9.59 Å². The molecule has 1 aromatic heterocycles. The number of esters is 1. The van der Waals surface area contributed by atoms with E-state index in [4.69, 9.17) is 13.9 Å². The first-order chi connectivity index (χ1) is 14.2. The lowest BCUT2D eigenvalue weighted by Gasteiger charge is -2.22. The number of benzene rings is 1. The summed E-state index contributed by atoms with van der Waals surface area (Å²) in [6.07, 6.45) is 0.130. The molecule has 1 aromatic carbocycles. The molecule has 8 heteroatoms. The van der Waals surface area contributed by atoms with E-state index in [1.165, 1.54) is 12.0 Å². The van der Waals surface area contributed by atoms with Crippen LogP contribution in [0.3, 0.4) is 0 Å². The first-order valence-electron chi connectivity index (χ1n) is 9.62. The molecule has 8 nitrogen and oxygen atoms in total. The van der Waals surface area contributed by atoms with Crippen LogP contribution in [-0.2, 0) is 20.9 Å². The minimum absolute atomic E-state index is 0.118. The molecule has 0 aliphatic carbocycles. The van der Waals surface area contributed by atoms with Crippen molar-refractivity contribution in [1.29, 1.82) is 0 Å². The van der Waals surface area contributed by atoms with Crippen LogP contribution in [0.1, 0.15) is 33.9 Å². The predicted octanol–water partition coefficient (Wildman–Crippen LogP) is 2.70. The van der Waals surface area contributed by atoms with Crippen molar-refractivity contribution in [2.75, 3.05) is 32.7 Å². The van der Waals surface area contributed by atoms with E-state index in [2.05, 4.69) is 0 Å². The summed E-state index contributed by atoms with van der Waals surface area (Å²) in [6, 6.07) is 7.19. The van der Waals surface area contributed by atoms with Gasteiger partial charge in [-0.25, -0.2) is 4.79 Å². The van der Waals surface area contributed by atoms with Gasteiger partial charge in [0.15, 0.2) is 0 Å². The fourth-order valence-electron chi connectivity index (χ4n) is 3.67. The molecule has 3 rings (SSSR count). The van der Waals surface area contributed by atoms with Crippen LogP contribution in [0.2, 0.25) is 0 Å². The van der Waals surface area contributed by atoms with Gasteiger partial charge < -0.3 is 23.7 Å².